The van der Waals surface area contributed by atoms with Gasteiger partial charge in [0.05, 0.1) is 11.4 Å². The van der Waals surface area contributed by atoms with Gasteiger partial charge in [-0.25, -0.2) is 9.37 Å². The molecule has 2 aromatic rings. The first kappa shape index (κ1) is 14.3. The number of nitrogens with zero attached hydrogens (tertiary/aromatic N) is 2. The first-order chi connectivity index (χ1) is 10.2. The Morgan fingerprint density at radius 3 is 3.10 bits per heavy atom. The number of thioether (sulfide) groups is 1. The number of fused-ring (bicyclic) bond motifs is 1. The number of hydrogen-bond acceptors (Lipinski definition) is 4. The fourth-order valence-electron chi connectivity index (χ4n) is 2.59. The maximum atomic E-state index is 13.0. The van der Waals surface area contributed by atoms with Crippen LogP contribution in [0.15, 0.2) is 22.2 Å². The van der Waals surface area contributed by atoms with Gasteiger partial charge >= 0.3 is 0 Å². The van der Waals surface area contributed by atoms with Crippen molar-refractivity contribution in [2.75, 3.05) is 0 Å². The molecule has 0 spiro atoms. The molecule has 1 aliphatic carbocycles. The highest BCUT2D eigenvalue weighted by Gasteiger charge is 2.17. The summed E-state index contributed by atoms with van der Waals surface area (Å²) in [5.74, 6) is 0.556. The van der Waals surface area contributed by atoms with Crippen molar-refractivity contribution in [2.45, 2.75) is 43.8 Å². The minimum absolute atomic E-state index is 0.0337. The van der Waals surface area contributed by atoms with Crippen molar-refractivity contribution in [2.24, 2.45) is 0 Å². The number of H-pyrrole nitrogens is 1. The van der Waals surface area contributed by atoms with Gasteiger partial charge in [-0.2, -0.15) is 0 Å². The van der Waals surface area contributed by atoms with E-state index < -0.39 is 6.67 Å². The molecular formula is C15H16FN3OS. The van der Waals surface area contributed by atoms with Crippen LogP contribution < -0.4 is 5.56 Å². The maximum absolute atomic E-state index is 13.0. The topological polar surface area (TPSA) is 58.6 Å². The van der Waals surface area contributed by atoms with E-state index in [1.807, 2.05) is 13.0 Å². The molecule has 6 heteroatoms. The number of rotatable bonds is 4. The lowest BCUT2D eigenvalue weighted by molar-refractivity contribution is 0.473. The Hall–Kier alpha value is -1.69. The number of alkyl halides is 1. The van der Waals surface area contributed by atoms with E-state index in [-0.39, 0.29) is 5.56 Å². The van der Waals surface area contributed by atoms with Crippen LogP contribution >= 0.6 is 11.8 Å². The molecule has 0 radical (unpaired) electrons. The summed E-state index contributed by atoms with van der Waals surface area (Å²) in [7, 11) is 0. The van der Waals surface area contributed by atoms with Crippen LogP contribution in [-0.4, -0.2) is 15.0 Å². The van der Waals surface area contributed by atoms with Crippen LogP contribution in [0.5, 0.6) is 0 Å². The number of pyridine rings is 1. The van der Waals surface area contributed by atoms with E-state index in [9.17, 15) is 9.18 Å². The molecule has 0 fully saturated rings. The van der Waals surface area contributed by atoms with Gasteiger partial charge in [0.25, 0.3) is 5.56 Å². The van der Waals surface area contributed by atoms with Crippen molar-refractivity contribution in [3.05, 3.63) is 50.7 Å². The Kier molecular flexibility index (Phi) is 4.05. The fourth-order valence-corrected chi connectivity index (χ4v) is 3.60. The smallest absolute Gasteiger partial charge is 0.254 e. The van der Waals surface area contributed by atoms with Crippen LogP contribution in [0.1, 0.15) is 34.5 Å². The molecule has 0 aromatic carbocycles. The molecule has 3 rings (SSSR count). The fraction of sp³-hybridized carbons (Fsp3) is 0.400. The van der Waals surface area contributed by atoms with Gasteiger partial charge in [0.1, 0.15) is 6.67 Å². The largest absolute Gasteiger partial charge is 0.301 e. The van der Waals surface area contributed by atoms with Crippen LogP contribution in [0.4, 0.5) is 4.39 Å². The van der Waals surface area contributed by atoms with Crippen LogP contribution in [0, 0.1) is 6.92 Å². The normalized spacial score (nSPS) is 13.4. The number of nitrogens with one attached hydrogen (secondary N) is 1. The van der Waals surface area contributed by atoms with Crippen molar-refractivity contribution < 1.29 is 4.39 Å². The molecule has 0 amide bonds. The Bertz CT molecular complexity index is 729. The van der Waals surface area contributed by atoms with E-state index in [0.717, 1.165) is 41.6 Å². The first-order valence-corrected chi connectivity index (χ1v) is 7.92. The summed E-state index contributed by atoms with van der Waals surface area (Å²) >= 11 is 1.42. The van der Waals surface area contributed by atoms with E-state index >= 15 is 0 Å². The SMILES string of the molecule is Cc1ccnc(CF)c1CSc1nc2c(c(=O)[nH]1)CCC2. The van der Waals surface area contributed by atoms with Gasteiger partial charge in [-0.3, -0.25) is 9.78 Å². The third-order valence-electron chi connectivity index (χ3n) is 3.78. The lowest BCUT2D eigenvalue weighted by atomic mass is 10.1. The molecule has 0 saturated carbocycles. The molecule has 0 atom stereocenters. The molecule has 0 aliphatic heterocycles. The highest BCUT2D eigenvalue weighted by molar-refractivity contribution is 7.98. The molecule has 0 saturated heterocycles. The second-order valence-corrected chi connectivity index (χ2v) is 6.09. The average Bonchev–Trinajstić information content (AvgIpc) is 2.94. The lowest BCUT2D eigenvalue weighted by Gasteiger charge is -2.09. The minimum Gasteiger partial charge on any atom is -0.301 e. The molecule has 110 valence electrons. The summed E-state index contributed by atoms with van der Waals surface area (Å²) in [6, 6.07) is 1.87. The molecule has 0 unspecified atom stereocenters. The second-order valence-electron chi connectivity index (χ2n) is 5.13. The van der Waals surface area contributed by atoms with Crippen LogP contribution in [0.3, 0.4) is 0 Å². The predicted molar refractivity (Wildman–Crippen MR) is 80.2 cm³/mol. The lowest BCUT2D eigenvalue weighted by Crippen LogP contribution is -2.15. The summed E-state index contributed by atoms with van der Waals surface area (Å²) in [5, 5.41) is 0.605. The zero-order chi connectivity index (χ0) is 14.8. The highest BCUT2D eigenvalue weighted by atomic mass is 32.2. The summed E-state index contributed by atoms with van der Waals surface area (Å²) in [6.45, 7) is 1.36. The maximum Gasteiger partial charge on any atom is 0.254 e. The zero-order valence-corrected chi connectivity index (χ0v) is 12.6. The van der Waals surface area contributed by atoms with Crippen LogP contribution in [0.25, 0.3) is 0 Å². The number of hydrogen-bond donors (Lipinski definition) is 1. The van der Waals surface area contributed by atoms with Crippen molar-refractivity contribution in [1.29, 1.82) is 0 Å². The van der Waals surface area contributed by atoms with Gasteiger partial charge in [0, 0.05) is 17.5 Å². The molecule has 4 nitrogen and oxygen atoms in total. The van der Waals surface area contributed by atoms with Crippen molar-refractivity contribution in [3.8, 4) is 0 Å². The zero-order valence-electron chi connectivity index (χ0n) is 11.8. The molecule has 2 aromatic heterocycles. The summed E-state index contributed by atoms with van der Waals surface area (Å²) < 4.78 is 13.0. The number of aromatic nitrogens is 3. The molecule has 1 N–H and O–H groups in total. The van der Waals surface area contributed by atoms with Crippen LogP contribution in [0.2, 0.25) is 0 Å². The van der Waals surface area contributed by atoms with E-state index in [1.54, 1.807) is 6.20 Å². The van der Waals surface area contributed by atoms with Crippen molar-refractivity contribution in [3.63, 3.8) is 0 Å². The molecule has 1 aliphatic rings. The van der Waals surface area contributed by atoms with E-state index in [2.05, 4.69) is 15.0 Å². The quantitative estimate of drug-likeness (QED) is 0.697. The molecule has 0 bridgehead atoms. The number of aromatic amines is 1. The summed E-state index contributed by atoms with van der Waals surface area (Å²) in [4.78, 5) is 23.3. The van der Waals surface area contributed by atoms with Gasteiger partial charge in [-0.1, -0.05) is 11.8 Å². The van der Waals surface area contributed by atoms with Gasteiger partial charge in [0.15, 0.2) is 5.16 Å². The molecular weight excluding hydrogens is 289 g/mol. The van der Waals surface area contributed by atoms with E-state index in [4.69, 9.17) is 0 Å². The summed E-state index contributed by atoms with van der Waals surface area (Å²) in [6.07, 6.45) is 4.30. The summed E-state index contributed by atoms with van der Waals surface area (Å²) in [5.41, 5.74) is 4.05. The third-order valence-corrected chi connectivity index (χ3v) is 4.68. The molecule has 2 heterocycles. The predicted octanol–water partition coefficient (Wildman–Crippen LogP) is 2.72. The third kappa shape index (κ3) is 2.85. The molecule has 21 heavy (non-hydrogen) atoms. The van der Waals surface area contributed by atoms with Crippen molar-refractivity contribution in [1.82, 2.24) is 15.0 Å². The van der Waals surface area contributed by atoms with E-state index in [1.165, 1.54) is 11.8 Å². The minimum atomic E-state index is -0.578. The second kappa shape index (κ2) is 5.97. The van der Waals surface area contributed by atoms with Crippen molar-refractivity contribution >= 4 is 11.8 Å². The highest BCUT2D eigenvalue weighted by Crippen LogP contribution is 2.25. The number of halogens is 1. The Morgan fingerprint density at radius 2 is 2.29 bits per heavy atom. The monoisotopic (exact) mass is 305 g/mol. The Balaban J connectivity index is 1.83. The van der Waals surface area contributed by atoms with Gasteiger partial charge in [-0.05, 0) is 43.4 Å². The number of aryl methyl sites for hydroxylation is 2. The van der Waals surface area contributed by atoms with E-state index in [0.29, 0.717) is 16.6 Å². The standard InChI is InChI=1S/C15H16FN3OS/c1-9-5-6-17-13(7-16)11(9)8-21-15-18-12-4-2-3-10(12)14(20)19-15/h5-6H,2-4,7-8H2,1H3,(H,18,19,20). The Labute approximate surface area is 126 Å². The Morgan fingerprint density at radius 1 is 1.43 bits per heavy atom. The van der Waals surface area contributed by atoms with Gasteiger partial charge < -0.3 is 4.98 Å². The van der Waals surface area contributed by atoms with Gasteiger partial charge in [-0.15, -0.1) is 0 Å². The average molecular weight is 305 g/mol. The van der Waals surface area contributed by atoms with Gasteiger partial charge in [0.2, 0.25) is 0 Å². The van der Waals surface area contributed by atoms with Crippen LogP contribution in [-0.2, 0) is 25.3 Å². The first-order valence-electron chi connectivity index (χ1n) is 6.93.